The van der Waals surface area contributed by atoms with Crippen LogP contribution in [0.15, 0.2) is 36.7 Å². The normalized spacial score (nSPS) is 13.5. The Bertz CT molecular complexity index is 1220. The number of fused-ring (bicyclic) bond motifs is 1. The summed E-state index contributed by atoms with van der Waals surface area (Å²) in [5, 5.41) is 11.4. The van der Waals surface area contributed by atoms with Gasteiger partial charge in [0.2, 0.25) is 0 Å². The fourth-order valence-corrected chi connectivity index (χ4v) is 4.45. The molecule has 35 heavy (non-hydrogen) atoms. The smallest absolute Gasteiger partial charge is 0.307 e. The lowest BCUT2D eigenvalue weighted by Crippen LogP contribution is -2.30. The van der Waals surface area contributed by atoms with Gasteiger partial charge in [0.15, 0.2) is 0 Å². The van der Waals surface area contributed by atoms with Gasteiger partial charge in [0.1, 0.15) is 5.82 Å². The van der Waals surface area contributed by atoms with E-state index in [0.717, 1.165) is 36.5 Å². The van der Waals surface area contributed by atoms with E-state index in [1.165, 1.54) is 18.9 Å². The molecule has 0 aliphatic carbocycles. The van der Waals surface area contributed by atoms with Crippen LogP contribution in [-0.2, 0) is 28.9 Å². The average molecular weight is 516 g/mol. The quantitative estimate of drug-likeness (QED) is 0.427. The molecule has 3 aromatic rings. The van der Waals surface area contributed by atoms with E-state index in [1.807, 2.05) is 6.07 Å². The van der Waals surface area contributed by atoms with Gasteiger partial charge in [0.25, 0.3) is 5.91 Å². The van der Waals surface area contributed by atoms with Crippen molar-refractivity contribution >= 4 is 40.9 Å². The molecule has 0 saturated carbocycles. The van der Waals surface area contributed by atoms with Crippen molar-refractivity contribution in [1.29, 1.82) is 0 Å². The highest BCUT2D eigenvalue weighted by Gasteiger charge is 2.22. The Labute approximate surface area is 214 Å². The third-order valence-corrected chi connectivity index (χ3v) is 6.84. The number of nitrogens with one attached hydrogen (secondary N) is 2. The lowest BCUT2D eigenvalue weighted by atomic mass is 10.0. The molecule has 8 nitrogen and oxygen atoms in total. The lowest BCUT2D eigenvalue weighted by Gasteiger charge is -2.19. The van der Waals surface area contributed by atoms with E-state index in [9.17, 15) is 9.59 Å². The predicted molar refractivity (Wildman–Crippen MR) is 135 cm³/mol. The number of rotatable bonds is 8. The molecule has 3 heterocycles. The summed E-state index contributed by atoms with van der Waals surface area (Å²) in [6.07, 6.45) is 5.97. The molecule has 4 rings (SSSR count). The van der Waals surface area contributed by atoms with E-state index in [2.05, 4.69) is 21.8 Å². The van der Waals surface area contributed by atoms with Crippen molar-refractivity contribution in [3.05, 3.63) is 74.7 Å². The van der Waals surface area contributed by atoms with Gasteiger partial charge in [-0.3, -0.25) is 14.3 Å². The van der Waals surface area contributed by atoms with Crippen molar-refractivity contribution in [3.63, 3.8) is 0 Å². The molecule has 0 saturated heterocycles. The summed E-state index contributed by atoms with van der Waals surface area (Å²) >= 11 is 12.6. The van der Waals surface area contributed by atoms with Crippen LogP contribution in [0.3, 0.4) is 0 Å². The minimum atomic E-state index is -0.666. The van der Waals surface area contributed by atoms with Crippen molar-refractivity contribution in [3.8, 4) is 0 Å². The first-order valence-electron chi connectivity index (χ1n) is 11.4. The van der Waals surface area contributed by atoms with Gasteiger partial charge < -0.3 is 15.4 Å². The number of carbonyl (C=O) groups excluding carboxylic acids is 2. The number of nitrogens with zero attached hydrogens (tertiary/aromatic N) is 3. The van der Waals surface area contributed by atoms with Gasteiger partial charge in [-0.15, -0.1) is 0 Å². The van der Waals surface area contributed by atoms with Crippen LogP contribution in [0.1, 0.15) is 51.6 Å². The number of pyridine rings is 1. The molecule has 0 fully saturated rings. The fraction of sp³-hybridized carbons (Fsp3) is 0.360. The van der Waals surface area contributed by atoms with Crippen LogP contribution in [0.25, 0.3) is 0 Å². The minimum absolute atomic E-state index is 0.0653. The first kappa shape index (κ1) is 25.0. The maximum absolute atomic E-state index is 13.0. The van der Waals surface area contributed by atoms with Crippen LogP contribution in [0.5, 0.6) is 0 Å². The van der Waals surface area contributed by atoms with Gasteiger partial charge in [-0.05, 0) is 54.7 Å². The van der Waals surface area contributed by atoms with Crippen molar-refractivity contribution < 1.29 is 14.3 Å². The number of aryl methyl sites for hydroxylation is 3. The van der Waals surface area contributed by atoms with Crippen molar-refractivity contribution in [2.75, 3.05) is 19.0 Å². The van der Waals surface area contributed by atoms with Gasteiger partial charge in [-0.2, -0.15) is 5.10 Å². The number of hydrogen-bond donors (Lipinski definition) is 2. The molecule has 1 amide bonds. The number of halogens is 2. The molecule has 2 N–H and O–H groups in total. The summed E-state index contributed by atoms with van der Waals surface area (Å²) in [7, 11) is 1.30. The highest BCUT2D eigenvalue weighted by atomic mass is 35.5. The molecular formula is C25H27Cl2N5O3. The predicted octanol–water partition coefficient (Wildman–Crippen LogP) is 4.53. The number of hydrogen-bond acceptors (Lipinski definition) is 6. The molecule has 10 heteroatoms. The summed E-state index contributed by atoms with van der Waals surface area (Å²) in [5.41, 5.74) is 3.93. The summed E-state index contributed by atoms with van der Waals surface area (Å²) in [5.74, 6) is 0.127. The van der Waals surface area contributed by atoms with Crippen LogP contribution in [-0.4, -0.2) is 40.3 Å². The monoisotopic (exact) mass is 515 g/mol. The van der Waals surface area contributed by atoms with Crippen LogP contribution in [0, 0.1) is 6.92 Å². The molecule has 0 radical (unpaired) electrons. The van der Waals surface area contributed by atoms with Crippen molar-refractivity contribution in [2.24, 2.45) is 0 Å². The zero-order valence-electron chi connectivity index (χ0n) is 19.6. The number of ether oxygens (including phenoxy) is 1. The molecule has 2 aromatic heterocycles. The van der Waals surface area contributed by atoms with Gasteiger partial charge in [-0.25, -0.2) is 4.98 Å². The Hall–Kier alpha value is -3.10. The Morgan fingerprint density at radius 1 is 1.26 bits per heavy atom. The summed E-state index contributed by atoms with van der Waals surface area (Å²) in [6.45, 7) is 3.32. The number of carbonyl (C=O) groups is 2. The van der Waals surface area contributed by atoms with Gasteiger partial charge in [-0.1, -0.05) is 29.3 Å². The Balaban J connectivity index is 1.43. The SMILES string of the molecule is COC(=O)CC(NC(=O)c1cnn(CCc2ccc3c(n2)NCCC3)c1)c1cc(Cl)c(C)c(Cl)c1. The summed E-state index contributed by atoms with van der Waals surface area (Å²) < 4.78 is 6.51. The van der Waals surface area contributed by atoms with E-state index in [4.69, 9.17) is 32.9 Å². The zero-order valence-corrected chi connectivity index (χ0v) is 21.1. The average Bonchev–Trinajstić information content (AvgIpc) is 3.34. The Morgan fingerprint density at radius 3 is 2.77 bits per heavy atom. The van der Waals surface area contributed by atoms with E-state index in [0.29, 0.717) is 34.1 Å². The van der Waals surface area contributed by atoms with Crippen LogP contribution >= 0.6 is 23.2 Å². The van der Waals surface area contributed by atoms with Crippen LogP contribution in [0.2, 0.25) is 10.0 Å². The van der Waals surface area contributed by atoms with Crippen molar-refractivity contribution in [2.45, 2.75) is 45.2 Å². The molecule has 1 aromatic carbocycles. The molecule has 184 valence electrons. The Kier molecular flexibility index (Phi) is 7.93. The summed E-state index contributed by atoms with van der Waals surface area (Å²) in [6, 6.07) is 6.89. The van der Waals surface area contributed by atoms with Gasteiger partial charge >= 0.3 is 5.97 Å². The molecule has 0 spiro atoms. The third-order valence-electron chi connectivity index (χ3n) is 6.05. The van der Waals surface area contributed by atoms with Crippen LogP contribution in [0.4, 0.5) is 5.82 Å². The second-order valence-corrected chi connectivity index (χ2v) is 9.31. The molecule has 1 aliphatic heterocycles. The second kappa shape index (κ2) is 11.1. The zero-order chi connectivity index (χ0) is 24.9. The van der Waals surface area contributed by atoms with Crippen LogP contribution < -0.4 is 10.6 Å². The molecule has 1 unspecified atom stereocenters. The molecule has 1 atom stereocenters. The van der Waals surface area contributed by atoms with Gasteiger partial charge in [0.05, 0.1) is 31.3 Å². The number of benzene rings is 1. The van der Waals surface area contributed by atoms with E-state index >= 15 is 0 Å². The van der Waals surface area contributed by atoms with Gasteiger partial charge in [0, 0.05) is 41.4 Å². The number of esters is 1. The largest absolute Gasteiger partial charge is 0.469 e. The summed E-state index contributed by atoms with van der Waals surface area (Å²) in [4.78, 5) is 29.7. The fourth-order valence-electron chi connectivity index (χ4n) is 3.95. The lowest BCUT2D eigenvalue weighted by molar-refractivity contribution is -0.141. The minimum Gasteiger partial charge on any atom is -0.469 e. The third kappa shape index (κ3) is 6.13. The van der Waals surface area contributed by atoms with E-state index in [1.54, 1.807) is 29.9 Å². The van der Waals surface area contributed by atoms with Crippen molar-refractivity contribution in [1.82, 2.24) is 20.1 Å². The number of aromatic nitrogens is 3. The first-order chi connectivity index (χ1) is 16.8. The molecule has 0 bridgehead atoms. The second-order valence-electron chi connectivity index (χ2n) is 8.50. The number of anilines is 1. The molecule has 1 aliphatic rings. The maximum atomic E-state index is 13.0. The maximum Gasteiger partial charge on any atom is 0.307 e. The van der Waals surface area contributed by atoms with E-state index in [-0.39, 0.29) is 12.3 Å². The number of amides is 1. The topological polar surface area (TPSA) is 98.1 Å². The highest BCUT2D eigenvalue weighted by molar-refractivity contribution is 6.36. The standard InChI is InChI=1S/C25H27Cl2N5O3/c1-15-20(26)10-17(11-21(15)27)22(12-23(33)35-2)31-25(34)18-13-29-32(14-18)9-7-19-6-5-16-4-3-8-28-24(16)30-19/h5-6,10-11,13-14,22H,3-4,7-9,12H2,1-2H3,(H,28,30)(H,31,34). The molecular weight excluding hydrogens is 489 g/mol. The number of methoxy groups -OCH3 is 1. The van der Waals surface area contributed by atoms with E-state index < -0.39 is 12.0 Å². The highest BCUT2D eigenvalue weighted by Crippen LogP contribution is 2.30. The Morgan fingerprint density at radius 2 is 2.03 bits per heavy atom. The first-order valence-corrected chi connectivity index (χ1v) is 12.2.